The maximum absolute atomic E-state index is 13.4. The highest BCUT2D eigenvalue weighted by Crippen LogP contribution is 2.37. The minimum atomic E-state index is -3.83. The summed E-state index contributed by atoms with van der Waals surface area (Å²) in [6.45, 7) is 4.48. The van der Waals surface area contributed by atoms with Crippen LogP contribution in [-0.4, -0.2) is 46.2 Å². The second-order valence-corrected chi connectivity index (χ2v) is 12.5. The van der Waals surface area contributed by atoms with E-state index in [9.17, 15) is 13.0 Å². The van der Waals surface area contributed by atoms with Crippen molar-refractivity contribution in [2.24, 2.45) is 0 Å². The van der Waals surface area contributed by atoms with Crippen LogP contribution in [0.4, 0.5) is 11.5 Å². The molecule has 34 heavy (non-hydrogen) atoms. The van der Waals surface area contributed by atoms with Gasteiger partial charge in [0.2, 0.25) is 0 Å². The van der Waals surface area contributed by atoms with E-state index in [1.54, 1.807) is 26.3 Å². The van der Waals surface area contributed by atoms with Gasteiger partial charge in [0.1, 0.15) is 36.0 Å². The van der Waals surface area contributed by atoms with Gasteiger partial charge in [-0.1, -0.05) is 0 Å². The van der Waals surface area contributed by atoms with Crippen LogP contribution in [0.2, 0.25) is 0 Å². The fourth-order valence-corrected chi connectivity index (χ4v) is 5.36. The van der Waals surface area contributed by atoms with Crippen LogP contribution >= 0.6 is 19.6 Å². The first-order valence-corrected chi connectivity index (χ1v) is 13.6. The molecule has 0 aliphatic rings. The standard InChI is InChI=1S/C21H21N4O6PS2/c1-21(2,3)34(28,29)19-9-14-15(10-17(19)30-6-7-31-32(26)27)22-11-23-20(14)25-13-4-5-18-16(8-13)24-12-33-18/h4-5,8-12H,6-7H2,1-3H3,(H-,22,23,25,26,27)/p+1. The number of nitrogens with one attached hydrogen (secondary N) is 1. The van der Waals surface area contributed by atoms with Gasteiger partial charge in [-0.05, 0) is 45.0 Å². The fourth-order valence-electron chi connectivity index (χ4n) is 3.16. The molecular weight excluding hydrogens is 499 g/mol. The van der Waals surface area contributed by atoms with Crippen molar-refractivity contribution >= 4 is 62.1 Å². The van der Waals surface area contributed by atoms with Crippen molar-refractivity contribution in [3.8, 4) is 5.75 Å². The molecule has 0 saturated heterocycles. The van der Waals surface area contributed by atoms with Crippen LogP contribution in [0, 0.1) is 0 Å². The molecule has 0 saturated carbocycles. The van der Waals surface area contributed by atoms with Gasteiger partial charge in [-0.15, -0.1) is 20.8 Å². The molecule has 4 rings (SSSR count). The summed E-state index contributed by atoms with van der Waals surface area (Å²) < 4.78 is 47.7. The lowest BCUT2D eigenvalue weighted by Gasteiger charge is -2.22. The molecule has 4 aromatic rings. The van der Waals surface area contributed by atoms with Crippen molar-refractivity contribution in [3.63, 3.8) is 0 Å². The van der Waals surface area contributed by atoms with Crippen molar-refractivity contribution < 1.29 is 27.1 Å². The van der Waals surface area contributed by atoms with E-state index in [2.05, 4.69) is 24.8 Å². The van der Waals surface area contributed by atoms with E-state index in [-0.39, 0.29) is 23.9 Å². The van der Waals surface area contributed by atoms with Gasteiger partial charge in [0.25, 0.3) is 0 Å². The SMILES string of the molecule is CC(C)(C)S(=O)(=O)c1cc2c(Nc3ccc4scnc4c3)ncnc2cc1OCCO[P+](=O)O. The summed E-state index contributed by atoms with van der Waals surface area (Å²) in [5.74, 6) is 0.504. The van der Waals surface area contributed by atoms with Crippen molar-refractivity contribution in [1.29, 1.82) is 0 Å². The molecule has 2 heterocycles. The summed E-state index contributed by atoms with van der Waals surface area (Å²) in [7, 11) is -6.60. The lowest BCUT2D eigenvalue weighted by Crippen LogP contribution is -2.28. The summed E-state index contributed by atoms with van der Waals surface area (Å²) in [5.41, 5.74) is 3.81. The Bertz CT molecular complexity index is 1480. The summed E-state index contributed by atoms with van der Waals surface area (Å²) in [6.07, 6.45) is 1.37. The molecule has 1 unspecified atom stereocenters. The van der Waals surface area contributed by atoms with E-state index in [0.717, 1.165) is 15.9 Å². The molecule has 2 N–H and O–H groups in total. The molecule has 2 aromatic heterocycles. The Labute approximate surface area is 200 Å². The summed E-state index contributed by atoms with van der Waals surface area (Å²) in [4.78, 5) is 21.7. The number of nitrogens with zero attached hydrogens (tertiary/aromatic N) is 3. The number of sulfone groups is 1. The third kappa shape index (κ3) is 5.01. The summed E-state index contributed by atoms with van der Waals surface area (Å²) >= 11 is 1.54. The molecule has 0 amide bonds. The third-order valence-electron chi connectivity index (χ3n) is 4.93. The normalized spacial score (nSPS) is 12.8. The van der Waals surface area contributed by atoms with Gasteiger partial charge in [-0.3, -0.25) is 0 Å². The van der Waals surface area contributed by atoms with Crippen molar-refractivity contribution in [3.05, 3.63) is 42.2 Å². The number of benzene rings is 2. The quantitative estimate of drug-likeness (QED) is 0.250. The van der Waals surface area contributed by atoms with Crippen LogP contribution in [0.25, 0.3) is 21.1 Å². The molecule has 0 fully saturated rings. The smallest absolute Gasteiger partial charge is 0.490 e. The molecular formula is C21H22N4O6PS2+. The summed E-state index contributed by atoms with van der Waals surface area (Å²) in [6, 6.07) is 8.73. The Morgan fingerprint density at radius 3 is 2.62 bits per heavy atom. The molecule has 0 aliphatic carbocycles. The Morgan fingerprint density at radius 1 is 1.09 bits per heavy atom. The number of rotatable bonds is 8. The predicted molar refractivity (Wildman–Crippen MR) is 131 cm³/mol. The second kappa shape index (κ2) is 9.47. The number of aromatic nitrogens is 3. The Hall–Kier alpha value is -2.76. The molecule has 178 valence electrons. The molecule has 0 radical (unpaired) electrons. The molecule has 2 aromatic carbocycles. The highest BCUT2D eigenvalue weighted by Gasteiger charge is 2.34. The molecule has 0 spiro atoms. The predicted octanol–water partition coefficient (Wildman–Crippen LogP) is 4.60. The number of ether oxygens (including phenoxy) is 1. The first-order chi connectivity index (χ1) is 16.1. The zero-order chi connectivity index (χ0) is 24.5. The Balaban J connectivity index is 1.78. The molecule has 10 nitrogen and oxygen atoms in total. The van der Waals surface area contributed by atoms with E-state index in [0.29, 0.717) is 16.7 Å². The van der Waals surface area contributed by atoms with Gasteiger partial charge in [0.15, 0.2) is 9.84 Å². The molecule has 1 atom stereocenters. The molecule has 13 heteroatoms. The van der Waals surface area contributed by atoms with E-state index >= 15 is 0 Å². The Morgan fingerprint density at radius 2 is 1.88 bits per heavy atom. The van der Waals surface area contributed by atoms with Crippen LogP contribution in [-0.2, 0) is 18.9 Å². The number of hydrogen-bond acceptors (Lipinski definition) is 10. The zero-order valence-electron chi connectivity index (χ0n) is 18.5. The first-order valence-electron chi connectivity index (χ1n) is 10.1. The summed E-state index contributed by atoms with van der Waals surface area (Å²) in [5, 5.41) is 3.72. The van der Waals surface area contributed by atoms with Crippen molar-refractivity contribution in [2.45, 2.75) is 30.4 Å². The van der Waals surface area contributed by atoms with Gasteiger partial charge < -0.3 is 10.1 Å². The number of fused-ring (bicyclic) bond motifs is 2. The third-order valence-corrected chi connectivity index (χ3v) is 8.66. The highest BCUT2D eigenvalue weighted by atomic mass is 32.2. The van der Waals surface area contributed by atoms with Gasteiger partial charge in [0, 0.05) is 21.7 Å². The van der Waals surface area contributed by atoms with E-state index in [1.165, 1.54) is 29.8 Å². The Kier molecular flexibility index (Phi) is 6.79. The number of thiazole rings is 1. The van der Waals surface area contributed by atoms with Gasteiger partial charge in [-0.2, -0.15) is 0 Å². The lowest BCUT2D eigenvalue weighted by molar-refractivity contribution is 0.204. The van der Waals surface area contributed by atoms with Crippen LogP contribution in [0.3, 0.4) is 0 Å². The van der Waals surface area contributed by atoms with Crippen molar-refractivity contribution in [1.82, 2.24) is 15.0 Å². The number of anilines is 2. The van der Waals surface area contributed by atoms with Crippen LogP contribution in [0.15, 0.2) is 47.1 Å². The minimum Gasteiger partial charge on any atom is -0.490 e. The van der Waals surface area contributed by atoms with Crippen LogP contribution in [0.5, 0.6) is 5.75 Å². The van der Waals surface area contributed by atoms with Crippen LogP contribution in [0.1, 0.15) is 20.8 Å². The number of hydrogen-bond donors (Lipinski definition) is 2. The van der Waals surface area contributed by atoms with E-state index in [1.807, 2.05) is 18.2 Å². The average Bonchev–Trinajstić information content (AvgIpc) is 3.23. The van der Waals surface area contributed by atoms with Crippen molar-refractivity contribution in [2.75, 3.05) is 18.5 Å². The monoisotopic (exact) mass is 521 g/mol. The largest absolute Gasteiger partial charge is 0.694 e. The topological polar surface area (TPSA) is 141 Å². The van der Waals surface area contributed by atoms with Crippen LogP contribution < -0.4 is 10.1 Å². The maximum Gasteiger partial charge on any atom is 0.694 e. The molecule has 0 aliphatic heterocycles. The average molecular weight is 522 g/mol. The van der Waals surface area contributed by atoms with Gasteiger partial charge in [-0.25, -0.2) is 23.4 Å². The van der Waals surface area contributed by atoms with E-state index in [4.69, 9.17) is 9.63 Å². The van der Waals surface area contributed by atoms with E-state index < -0.39 is 22.8 Å². The highest BCUT2D eigenvalue weighted by molar-refractivity contribution is 7.92. The molecule has 0 bridgehead atoms. The maximum atomic E-state index is 13.4. The lowest BCUT2D eigenvalue weighted by atomic mass is 10.2. The van der Waals surface area contributed by atoms with Gasteiger partial charge in [0.05, 0.1) is 26.0 Å². The zero-order valence-corrected chi connectivity index (χ0v) is 21.1. The second-order valence-electron chi connectivity index (χ2n) is 8.23. The van der Waals surface area contributed by atoms with Gasteiger partial charge >= 0.3 is 8.25 Å². The fraction of sp³-hybridized carbons (Fsp3) is 0.286. The first kappa shape index (κ1) is 24.4. The minimum absolute atomic E-state index is 0.0336.